The van der Waals surface area contributed by atoms with Crippen LogP contribution >= 0.6 is 0 Å². The average molecular weight is 535 g/mol. The summed E-state index contributed by atoms with van der Waals surface area (Å²) in [7, 11) is 0. The fraction of sp³-hybridized carbons (Fsp3) is 0.806. The highest BCUT2D eigenvalue weighted by Gasteiger charge is 2.62. The molecule has 0 unspecified atom stereocenters. The standard InChI is InChI=1S/C36H54O3/c1-6-36(38)19-18-34(4)27(22-36)12-13-28-30-15-14-29(35(30,5)17-16-31(28)34)24(3)32(21-26-20-23(26)2)39-33(37)25-10-8-7-9-11-25/h7-11,23-24,26-32,38H,6,12-22H2,1-5H3/t23-,24+,26+,27+,28+,29-,30+,31+,32-,34+,35-,36+/m1/s1. The van der Waals surface area contributed by atoms with Crippen molar-refractivity contribution >= 4 is 5.97 Å². The van der Waals surface area contributed by atoms with Gasteiger partial charge in [-0.3, -0.25) is 0 Å². The molecular formula is C36H54O3. The fourth-order valence-corrected chi connectivity index (χ4v) is 11.0. The van der Waals surface area contributed by atoms with Crippen LogP contribution in [0.4, 0.5) is 0 Å². The van der Waals surface area contributed by atoms with Crippen molar-refractivity contribution in [2.75, 3.05) is 0 Å². The molecule has 5 aliphatic rings. The zero-order valence-corrected chi connectivity index (χ0v) is 25.3. The summed E-state index contributed by atoms with van der Waals surface area (Å²) in [5.41, 5.74) is 1.03. The lowest BCUT2D eigenvalue weighted by Crippen LogP contribution is -2.56. The lowest BCUT2D eigenvalue weighted by molar-refractivity contribution is -0.154. The van der Waals surface area contributed by atoms with Crippen LogP contribution in [0.25, 0.3) is 0 Å². The van der Waals surface area contributed by atoms with E-state index in [1.165, 1.54) is 51.4 Å². The molecule has 5 saturated carbocycles. The number of fused-ring (bicyclic) bond motifs is 5. The van der Waals surface area contributed by atoms with E-state index in [1.54, 1.807) is 0 Å². The molecule has 1 aromatic rings. The Balaban J connectivity index is 1.19. The summed E-state index contributed by atoms with van der Waals surface area (Å²) in [5.74, 6) is 5.54. The maximum atomic E-state index is 13.2. The highest BCUT2D eigenvalue weighted by molar-refractivity contribution is 5.89. The van der Waals surface area contributed by atoms with E-state index < -0.39 is 5.60 Å². The second-order valence-electron chi connectivity index (χ2n) is 15.5. The molecule has 6 rings (SSSR count). The zero-order chi connectivity index (χ0) is 27.6. The molecule has 0 aliphatic heterocycles. The number of benzene rings is 1. The summed E-state index contributed by atoms with van der Waals surface area (Å²) < 4.78 is 6.40. The summed E-state index contributed by atoms with van der Waals surface area (Å²) in [6.07, 6.45) is 14.5. The Morgan fingerprint density at radius 3 is 2.41 bits per heavy atom. The van der Waals surface area contributed by atoms with E-state index in [-0.39, 0.29) is 12.1 Å². The number of carbonyl (C=O) groups is 1. The van der Waals surface area contributed by atoms with Gasteiger partial charge in [-0.25, -0.2) is 4.79 Å². The fourth-order valence-electron chi connectivity index (χ4n) is 11.0. The Morgan fingerprint density at radius 2 is 1.72 bits per heavy atom. The van der Waals surface area contributed by atoms with Crippen LogP contribution in [0.1, 0.15) is 122 Å². The molecule has 1 aromatic carbocycles. The summed E-state index contributed by atoms with van der Waals surface area (Å²) in [5, 5.41) is 11.2. The van der Waals surface area contributed by atoms with Crippen LogP contribution in [0, 0.1) is 58.2 Å². The third kappa shape index (κ3) is 4.81. The number of carbonyl (C=O) groups excluding carboxylic acids is 1. The molecule has 39 heavy (non-hydrogen) atoms. The number of rotatable bonds is 7. The molecule has 0 spiro atoms. The summed E-state index contributed by atoms with van der Waals surface area (Å²) in [6, 6.07) is 9.61. The van der Waals surface area contributed by atoms with Gasteiger partial charge in [-0.15, -0.1) is 0 Å². The zero-order valence-electron chi connectivity index (χ0n) is 25.3. The predicted molar refractivity (Wildman–Crippen MR) is 157 cm³/mol. The molecular weight excluding hydrogens is 480 g/mol. The molecule has 5 aliphatic carbocycles. The van der Waals surface area contributed by atoms with Crippen molar-refractivity contribution in [3.8, 4) is 0 Å². The summed E-state index contributed by atoms with van der Waals surface area (Å²) >= 11 is 0. The van der Waals surface area contributed by atoms with Crippen molar-refractivity contribution in [1.82, 2.24) is 0 Å². The molecule has 216 valence electrons. The Bertz CT molecular complexity index is 1040. The molecule has 0 saturated heterocycles. The van der Waals surface area contributed by atoms with Gasteiger partial charge in [0.1, 0.15) is 6.10 Å². The van der Waals surface area contributed by atoms with Crippen molar-refractivity contribution in [3.05, 3.63) is 35.9 Å². The van der Waals surface area contributed by atoms with E-state index in [0.29, 0.717) is 40.1 Å². The molecule has 0 heterocycles. The molecule has 3 heteroatoms. The van der Waals surface area contributed by atoms with Gasteiger partial charge >= 0.3 is 5.97 Å². The van der Waals surface area contributed by atoms with Gasteiger partial charge in [-0.1, -0.05) is 52.8 Å². The smallest absolute Gasteiger partial charge is 0.338 e. The van der Waals surface area contributed by atoms with E-state index in [4.69, 9.17) is 4.74 Å². The molecule has 0 bridgehead atoms. The average Bonchev–Trinajstić information content (AvgIpc) is 3.51. The molecule has 0 amide bonds. The van der Waals surface area contributed by atoms with Gasteiger partial charge in [0.05, 0.1) is 11.2 Å². The van der Waals surface area contributed by atoms with Gasteiger partial charge < -0.3 is 9.84 Å². The third-order valence-electron chi connectivity index (χ3n) is 13.9. The van der Waals surface area contributed by atoms with E-state index in [2.05, 4.69) is 34.6 Å². The first-order chi connectivity index (χ1) is 18.6. The van der Waals surface area contributed by atoms with E-state index in [1.807, 2.05) is 30.3 Å². The van der Waals surface area contributed by atoms with Crippen LogP contribution in [0.15, 0.2) is 30.3 Å². The molecule has 5 fully saturated rings. The van der Waals surface area contributed by atoms with Crippen LogP contribution in [-0.2, 0) is 4.74 Å². The predicted octanol–water partition coefficient (Wildman–Crippen LogP) is 8.69. The number of hydrogen-bond acceptors (Lipinski definition) is 3. The third-order valence-corrected chi connectivity index (χ3v) is 13.9. The first-order valence-corrected chi connectivity index (χ1v) is 16.6. The normalized spacial score (nSPS) is 46.4. The topological polar surface area (TPSA) is 46.5 Å². The van der Waals surface area contributed by atoms with Crippen molar-refractivity contribution < 1.29 is 14.6 Å². The highest BCUT2D eigenvalue weighted by atomic mass is 16.5. The Kier molecular flexibility index (Phi) is 7.26. The first-order valence-electron chi connectivity index (χ1n) is 16.6. The maximum absolute atomic E-state index is 13.2. The minimum atomic E-state index is -0.417. The Labute approximate surface area is 237 Å². The van der Waals surface area contributed by atoms with Crippen LogP contribution in [0.2, 0.25) is 0 Å². The van der Waals surface area contributed by atoms with Crippen LogP contribution in [-0.4, -0.2) is 22.8 Å². The second kappa shape index (κ2) is 10.2. The highest BCUT2D eigenvalue weighted by Crippen LogP contribution is 2.69. The van der Waals surface area contributed by atoms with Crippen LogP contribution in [0.5, 0.6) is 0 Å². The maximum Gasteiger partial charge on any atom is 0.338 e. The van der Waals surface area contributed by atoms with Crippen LogP contribution < -0.4 is 0 Å². The van der Waals surface area contributed by atoms with Crippen molar-refractivity contribution in [2.45, 2.75) is 123 Å². The van der Waals surface area contributed by atoms with E-state index in [0.717, 1.165) is 49.4 Å². The monoisotopic (exact) mass is 534 g/mol. The van der Waals surface area contributed by atoms with Gasteiger partial charge in [-0.2, -0.15) is 0 Å². The molecule has 12 atom stereocenters. The Morgan fingerprint density at radius 1 is 1.00 bits per heavy atom. The largest absolute Gasteiger partial charge is 0.458 e. The van der Waals surface area contributed by atoms with E-state index in [9.17, 15) is 9.90 Å². The minimum absolute atomic E-state index is 0.0178. The molecule has 0 radical (unpaired) electrons. The SMILES string of the molecule is CC[C@]1(O)CC[C@@]2(C)[C@@H](CC[C@@H]3[C@@H]2CC[C@]2(C)[C@@H]([C@H](C)[C@@H](C[C@@H]4C[C@H]4C)OC(=O)c4ccccc4)CC[C@@H]32)C1. The summed E-state index contributed by atoms with van der Waals surface area (Å²) in [4.78, 5) is 13.2. The second-order valence-corrected chi connectivity index (χ2v) is 15.5. The first kappa shape index (κ1) is 27.8. The number of ether oxygens (including phenoxy) is 1. The van der Waals surface area contributed by atoms with Gasteiger partial charge in [0.25, 0.3) is 0 Å². The van der Waals surface area contributed by atoms with Gasteiger partial charge in [0.2, 0.25) is 0 Å². The lowest BCUT2D eigenvalue weighted by atomic mass is 9.43. The van der Waals surface area contributed by atoms with Gasteiger partial charge in [0.15, 0.2) is 0 Å². The number of aliphatic hydroxyl groups is 1. The van der Waals surface area contributed by atoms with E-state index >= 15 is 0 Å². The van der Waals surface area contributed by atoms with Crippen molar-refractivity contribution in [3.63, 3.8) is 0 Å². The van der Waals surface area contributed by atoms with Crippen molar-refractivity contribution in [1.29, 1.82) is 0 Å². The van der Waals surface area contributed by atoms with Gasteiger partial charge in [0, 0.05) is 0 Å². The molecule has 0 aromatic heterocycles. The quantitative estimate of drug-likeness (QED) is 0.356. The van der Waals surface area contributed by atoms with Crippen molar-refractivity contribution in [2.24, 2.45) is 58.2 Å². The molecule has 3 nitrogen and oxygen atoms in total. The number of esters is 1. The molecule has 1 N–H and O–H groups in total. The Hall–Kier alpha value is -1.35. The minimum Gasteiger partial charge on any atom is -0.458 e. The van der Waals surface area contributed by atoms with Gasteiger partial charge in [-0.05, 0) is 147 Å². The summed E-state index contributed by atoms with van der Waals surface area (Å²) in [6.45, 7) is 12.2. The van der Waals surface area contributed by atoms with Crippen LogP contribution in [0.3, 0.4) is 0 Å². The number of hydrogen-bond donors (Lipinski definition) is 1. The lowest BCUT2D eigenvalue weighted by Gasteiger charge is -2.62.